The van der Waals surface area contributed by atoms with Crippen LogP contribution in [0.15, 0.2) is 186 Å². The van der Waals surface area contributed by atoms with E-state index in [2.05, 4.69) is 159 Å². The molecule has 3 aliphatic rings. The average Bonchev–Trinajstić information content (AvgIpc) is 1.41. The van der Waals surface area contributed by atoms with Crippen LogP contribution >= 0.6 is 34.0 Å². The van der Waals surface area contributed by atoms with Crippen molar-refractivity contribution in [2.45, 2.75) is 279 Å². The molecule has 596 valence electrons. The largest absolute Gasteiger partial charge is 0.491 e. The monoisotopic (exact) mass is 1540 g/mol. The summed E-state index contributed by atoms with van der Waals surface area (Å²) in [5.41, 5.74) is 11.2. The van der Waals surface area contributed by atoms with Crippen molar-refractivity contribution in [2.24, 2.45) is 0 Å². The molecule has 0 spiro atoms. The van der Waals surface area contributed by atoms with Crippen molar-refractivity contribution < 1.29 is 43.7 Å². The second kappa shape index (κ2) is 56.5. The molecule has 15 heteroatoms. The Balaban J connectivity index is 0.000000204. The van der Waals surface area contributed by atoms with Gasteiger partial charge in [-0.2, -0.15) is 0 Å². The zero-order chi connectivity index (χ0) is 76.3. The summed E-state index contributed by atoms with van der Waals surface area (Å²) in [5, 5.41) is 41.7. The predicted octanol–water partition coefficient (Wildman–Crippen LogP) is 24.6. The molecule has 12 nitrogen and oxygen atoms in total. The third-order valence-corrected chi connectivity index (χ3v) is 21.7. The zero-order valence-electron chi connectivity index (χ0n) is 66.0. The lowest BCUT2D eigenvalue weighted by Gasteiger charge is -2.22. The molecule has 4 N–H and O–H groups in total. The maximum atomic E-state index is 10.0. The number of aryl methyl sites for hydroxylation is 6. The summed E-state index contributed by atoms with van der Waals surface area (Å²) >= 11 is 5.17. The Labute approximate surface area is 668 Å². The quantitative estimate of drug-likeness (QED) is 0.0296. The summed E-state index contributed by atoms with van der Waals surface area (Å²) in [4.78, 5) is 9.95. The molecule has 9 aromatic rings. The lowest BCUT2D eigenvalue weighted by Crippen LogP contribution is -2.25. The van der Waals surface area contributed by atoms with Crippen LogP contribution < -0.4 is 19.5 Å². The number of rotatable bonds is 36. The molecule has 6 heterocycles. The second-order valence-corrected chi connectivity index (χ2v) is 31.5. The fraction of sp³-hybridized carbons (Fsp3) is 0.511. The van der Waals surface area contributed by atoms with E-state index in [-0.39, 0.29) is 37.9 Å². The van der Waals surface area contributed by atoms with Gasteiger partial charge in [-0.25, -0.2) is 9.97 Å². The molecule has 12 rings (SSSR count). The van der Waals surface area contributed by atoms with Crippen molar-refractivity contribution >= 4 is 39.7 Å². The first-order chi connectivity index (χ1) is 53.0. The first-order valence-corrected chi connectivity index (χ1v) is 43.5. The number of aliphatic hydroxyl groups is 3. The molecule has 3 aliphatic heterocycles. The van der Waals surface area contributed by atoms with E-state index in [0.29, 0.717) is 25.9 Å². The fourth-order valence-corrected chi connectivity index (χ4v) is 14.7. The molecule has 3 fully saturated rings. The Morgan fingerprint density at radius 2 is 0.853 bits per heavy atom. The number of unbranched alkanes of at least 4 members (excludes halogenated alkanes) is 3. The standard InChI is InChI=1S/C17H26O2.2C16H24O3.C16H20S.C14H18N2S.C14H17NOS.CH4/c1-2-6-17(18)15-8-5-7-14(13-15)10-11-16-9-3-4-12-19-16;2*1-2-6-16(17)13-7-5-9-14(11-13)19-12-15-8-3-4-10-18-15;1-2-3-6-14-7-4-8-15(13-14)10-11-16-9-5-12-17-16;2*1-2-3-5-12-6-4-7-13(10-12)16-11-14-15-8-9-17-14;/h5,7-8,13,16-18H,2-4,6,9-12H2,1H3;2*5,7,9,11,15-17H,2-4,6,8,10,12H2,1H3;4-5,7-9,12-13H,2-3,6,10-11H2,1H3;4,6-10,16H,2-3,5,11H2,1H3;4,6-10H,2-3,5,11H2,1H3;1H4. The lowest BCUT2D eigenvalue weighted by molar-refractivity contribution is -0.0111. The van der Waals surface area contributed by atoms with Crippen molar-refractivity contribution in [3.8, 4) is 17.2 Å². The van der Waals surface area contributed by atoms with Crippen LogP contribution in [0.3, 0.4) is 0 Å². The van der Waals surface area contributed by atoms with E-state index in [1.807, 2.05) is 89.0 Å². The number of thiazole rings is 2. The molecule has 0 amide bonds. The first kappa shape index (κ1) is 91.1. The number of aromatic nitrogens is 2. The SMILES string of the molecule is C.CCCC(O)c1cccc(CCC2CCCCO2)c1.CCCC(O)c1cccc(OCC2CCCCO2)c1.CCCC(O)c1cccc(OCC2CCCCO2)c1.CCCCc1cccc(CCc2cccs2)c1.CCCCc1cccc(NCc2nccs2)c1.CCCCc1cccc(OCc2nccs2)c1. The van der Waals surface area contributed by atoms with Gasteiger partial charge in [0.15, 0.2) is 0 Å². The smallest absolute Gasteiger partial charge is 0.140 e. The van der Waals surface area contributed by atoms with Crippen LogP contribution in [0.1, 0.15) is 268 Å². The Bertz CT molecular complexity index is 3290. The van der Waals surface area contributed by atoms with Crippen LogP contribution in [-0.4, -0.2) is 76.6 Å². The molecule has 6 atom stereocenters. The van der Waals surface area contributed by atoms with Crippen LogP contribution in [0.4, 0.5) is 5.69 Å². The van der Waals surface area contributed by atoms with Gasteiger partial charge in [0.1, 0.15) is 47.1 Å². The highest BCUT2D eigenvalue weighted by Crippen LogP contribution is 2.28. The Kier molecular flexibility index (Phi) is 47.2. The van der Waals surface area contributed by atoms with Gasteiger partial charge in [0.2, 0.25) is 0 Å². The number of aliphatic hydroxyl groups excluding tert-OH is 3. The number of ether oxygens (including phenoxy) is 6. The fourth-order valence-electron chi connectivity index (χ4n) is 12.9. The van der Waals surface area contributed by atoms with Gasteiger partial charge < -0.3 is 49.1 Å². The van der Waals surface area contributed by atoms with E-state index < -0.39 is 0 Å². The minimum atomic E-state index is -0.389. The predicted molar refractivity (Wildman–Crippen MR) is 459 cm³/mol. The molecule has 109 heavy (non-hydrogen) atoms. The Morgan fingerprint density at radius 1 is 0.413 bits per heavy atom. The third kappa shape index (κ3) is 38.4. The van der Waals surface area contributed by atoms with Gasteiger partial charge in [-0.1, -0.05) is 191 Å². The summed E-state index contributed by atoms with van der Waals surface area (Å²) < 4.78 is 34.3. The molecular formula is C94H133N3O9S3. The van der Waals surface area contributed by atoms with Gasteiger partial charge in [-0.05, 0) is 246 Å². The molecule has 3 saturated heterocycles. The van der Waals surface area contributed by atoms with E-state index in [0.717, 1.165) is 154 Å². The maximum absolute atomic E-state index is 10.0. The molecule has 0 saturated carbocycles. The summed E-state index contributed by atoms with van der Waals surface area (Å²) in [6, 6.07) is 54.4. The number of hydrogen-bond acceptors (Lipinski definition) is 15. The van der Waals surface area contributed by atoms with Crippen LogP contribution in [0.2, 0.25) is 0 Å². The van der Waals surface area contributed by atoms with E-state index in [1.54, 1.807) is 28.9 Å². The van der Waals surface area contributed by atoms with Crippen molar-refractivity contribution in [2.75, 3.05) is 38.4 Å². The minimum absolute atomic E-state index is 0. The van der Waals surface area contributed by atoms with E-state index in [4.69, 9.17) is 28.4 Å². The number of anilines is 1. The molecular weight excluding hydrogens is 1410 g/mol. The topological polar surface area (TPSA) is 154 Å². The molecule has 6 unspecified atom stereocenters. The number of hydrogen-bond donors (Lipinski definition) is 4. The Morgan fingerprint density at radius 3 is 1.33 bits per heavy atom. The first-order valence-electron chi connectivity index (χ1n) is 40.9. The average molecular weight is 1550 g/mol. The van der Waals surface area contributed by atoms with Crippen molar-refractivity contribution in [1.82, 2.24) is 9.97 Å². The summed E-state index contributed by atoms with van der Waals surface area (Å²) in [7, 11) is 0. The normalized spacial score (nSPS) is 16.0. The van der Waals surface area contributed by atoms with E-state index in [1.165, 1.54) is 135 Å². The third-order valence-electron chi connectivity index (χ3n) is 19.2. The molecule has 0 aliphatic carbocycles. The van der Waals surface area contributed by atoms with Gasteiger partial charge >= 0.3 is 0 Å². The van der Waals surface area contributed by atoms with Crippen LogP contribution in [0.25, 0.3) is 0 Å². The minimum Gasteiger partial charge on any atom is -0.491 e. The van der Waals surface area contributed by atoms with Gasteiger partial charge in [0, 0.05) is 53.5 Å². The molecule has 0 radical (unpaired) electrons. The van der Waals surface area contributed by atoms with Crippen LogP contribution in [0.5, 0.6) is 17.2 Å². The highest BCUT2D eigenvalue weighted by molar-refractivity contribution is 7.10. The van der Waals surface area contributed by atoms with Gasteiger partial charge in [0.05, 0.1) is 43.2 Å². The Hall–Kier alpha value is -6.76. The van der Waals surface area contributed by atoms with Gasteiger partial charge in [-0.15, -0.1) is 34.0 Å². The van der Waals surface area contributed by atoms with E-state index in [9.17, 15) is 15.3 Å². The van der Waals surface area contributed by atoms with Gasteiger partial charge in [-0.3, -0.25) is 0 Å². The number of benzene rings is 6. The van der Waals surface area contributed by atoms with Gasteiger partial charge in [0.25, 0.3) is 0 Å². The van der Waals surface area contributed by atoms with Crippen LogP contribution in [-0.2, 0) is 65.9 Å². The molecule has 0 bridgehead atoms. The van der Waals surface area contributed by atoms with Crippen molar-refractivity contribution in [1.29, 1.82) is 0 Å². The number of nitrogens with zero attached hydrogens (tertiary/aromatic N) is 2. The van der Waals surface area contributed by atoms with Crippen LogP contribution in [0, 0.1) is 0 Å². The summed E-state index contributed by atoms with van der Waals surface area (Å²) in [5.74, 6) is 2.58. The number of nitrogens with one attached hydrogen (secondary N) is 1. The molecule has 3 aromatic heterocycles. The van der Waals surface area contributed by atoms with E-state index >= 15 is 0 Å². The highest BCUT2D eigenvalue weighted by atomic mass is 32.1. The maximum Gasteiger partial charge on any atom is 0.140 e. The number of thiophene rings is 1. The lowest BCUT2D eigenvalue weighted by atomic mass is 9.98. The molecule has 6 aromatic carbocycles. The van der Waals surface area contributed by atoms with Crippen molar-refractivity contribution in [3.05, 3.63) is 246 Å². The van der Waals surface area contributed by atoms with Crippen molar-refractivity contribution in [3.63, 3.8) is 0 Å². The second-order valence-electron chi connectivity index (χ2n) is 28.5. The summed E-state index contributed by atoms with van der Waals surface area (Å²) in [6.45, 7) is 18.2. The summed E-state index contributed by atoms with van der Waals surface area (Å²) in [6.07, 6.45) is 35.1. The highest BCUT2D eigenvalue weighted by Gasteiger charge is 2.18. The zero-order valence-corrected chi connectivity index (χ0v) is 68.5.